The van der Waals surface area contributed by atoms with Crippen molar-refractivity contribution < 1.29 is 14.3 Å². The van der Waals surface area contributed by atoms with Crippen molar-refractivity contribution in [3.05, 3.63) is 94.5 Å². The van der Waals surface area contributed by atoms with Gasteiger partial charge in [-0.05, 0) is 47.5 Å². The van der Waals surface area contributed by atoms with Gasteiger partial charge in [0.2, 0.25) is 6.79 Å². The van der Waals surface area contributed by atoms with Crippen LogP contribution < -0.4 is 9.47 Å². The molecule has 5 nitrogen and oxygen atoms in total. The van der Waals surface area contributed by atoms with E-state index in [1.165, 1.54) is 0 Å². The molecule has 3 aromatic carbocycles. The largest absolute Gasteiger partial charge is 0.454 e. The fourth-order valence-corrected chi connectivity index (χ4v) is 3.73. The Morgan fingerprint density at radius 1 is 0.966 bits per heavy atom. The second kappa shape index (κ2) is 7.26. The van der Waals surface area contributed by atoms with E-state index < -0.39 is 0 Å². The molecule has 0 N–H and O–H groups in total. The average Bonchev–Trinajstić information content (AvgIpc) is 3.41. The van der Waals surface area contributed by atoms with Crippen molar-refractivity contribution in [1.29, 1.82) is 0 Å². The quantitative estimate of drug-likeness (QED) is 0.613. The van der Waals surface area contributed by atoms with Crippen LogP contribution in [0.1, 0.15) is 33.9 Å². The summed E-state index contributed by atoms with van der Waals surface area (Å²) >= 11 is 5.98. The number of rotatable bonds is 3. The summed E-state index contributed by atoms with van der Waals surface area (Å²) < 4.78 is 10.9. The number of hydrazone groups is 1. The third-order valence-electron chi connectivity index (χ3n) is 5.10. The minimum absolute atomic E-state index is 0.171. The van der Waals surface area contributed by atoms with Gasteiger partial charge in [0, 0.05) is 17.0 Å². The third kappa shape index (κ3) is 3.34. The molecule has 29 heavy (non-hydrogen) atoms. The molecule has 0 saturated heterocycles. The maximum absolute atomic E-state index is 13.3. The van der Waals surface area contributed by atoms with E-state index in [1.807, 2.05) is 48.5 Å². The lowest BCUT2D eigenvalue weighted by Crippen LogP contribution is -2.27. The standard InChI is InChI=1S/C23H17ClN2O3/c24-18-9-6-16(7-10-18)23(27)26-20(13-19(25-26)15-4-2-1-3-5-15)17-8-11-21-22(12-17)29-14-28-21/h1-12,20H,13-14H2/t20-/m0/s1. The summed E-state index contributed by atoms with van der Waals surface area (Å²) in [6.07, 6.45) is 0.614. The molecule has 0 bridgehead atoms. The molecule has 3 aromatic rings. The zero-order valence-electron chi connectivity index (χ0n) is 15.4. The van der Waals surface area contributed by atoms with Crippen LogP contribution in [0.4, 0.5) is 0 Å². The SMILES string of the molecule is O=C(c1ccc(Cl)cc1)N1N=C(c2ccccc2)C[C@H]1c1ccc2c(c1)OCO2. The molecule has 0 saturated carbocycles. The minimum Gasteiger partial charge on any atom is -0.454 e. The van der Waals surface area contributed by atoms with Crippen LogP contribution in [-0.4, -0.2) is 23.4 Å². The van der Waals surface area contributed by atoms with E-state index >= 15 is 0 Å². The maximum atomic E-state index is 13.3. The zero-order valence-corrected chi connectivity index (χ0v) is 16.2. The van der Waals surface area contributed by atoms with Gasteiger partial charge < -0.3 is 9.47 Å². The van der Waals surface area contributed by atoms with Gasteiger partial charge in [0.05, 0.1) is 11.8 Å². The van der Waals surface area contributed by atoms with Crippen molar-refractivity contribution in [1.82, 2.24) is 5.01 Å². The van der Waals surface area contributed by atoms with Gasteiger partial charge in [-0.15, -0.1) is 0 Å². The van der Waals surface area contributed by atoms with Crippen LogP contribution in [0.15, 0.2) is 77.9 Å². The first-order valence-corrected chi connectivity index (χ1v) is 9.68. The second-order valence-corrected chi connectivity index (χ2v) is 7.34. The summed E-state index contributed by atoms with van der Waals surface area (Å²) in [5.41, 5.74) is 3.37. The lowest BCUT2D eigenvalue weighted by Gasteiger charge is -2.22. The van der Waals surface area contributed by atoms with Gasteiger partial charge >= 0.3 is 0 Å². The highest BCUT2D eigenvalue weighted by molar-refractivity contribution is 6.30. The molecule has 0 radical (unpaired) electrons. The molecule has 144 valence electrons. The Balaban J connectivity index is 1.53. The van der Waals surface area contributed by atoms with Crippen LogP contribution in [-0.2, 0) is 0 Å². The van der Waals surface area contributed by atoms with E-state index in [-0.39, 0.29) is 18.7 Å². The van der Waals surface area contributed by atoms with Crippen LogP contribution in [0.5, 0.6) is 11.5 Å². The molecule has 0 unspecified atom stereocenters. The third-order valence-corrected chi connectivity index (χ3v) is 5.35. The monoisotopic (exact) mass is 404 g/mol. The van der Waals surface area contributed by atoms with Gasteiger partial charge in [-0.2, -0.15) is 5.10 Å². The first-order chi connectivity index (χ1) is 14.2. The van der Waals surface area contributed by atoms with Gasteiger partial charge in [0.25, 0.3) is 5.91 Å². The summed E-state index contributed by atoms with van der Waals surface area (Å²) in [7, 11) is 0. The normalized spacial score (nSPS) is 17.3. The van der Waals surface area contributed by atoms with E-state index in [0.717, 1.165) is 16.8 Å². The highest BCUT2D eigenvalue weighted by Gasteiger charge is 2.34. The maximum Gasteiger partial charge on any atom is 0.274 e. The molecular formula is C23H17ClN2O3. The smallest absolute Gasteiger partial charge is 0.274 e. The molecule has 5 rings (SSSR count). The molecule has 1 amide bonds. The second-order valence-electron chi connectivity index (χ2n) is 6.90. The highest BCUT2D eigenvalue weighted by Crippen LogP contribution is 2.39. The fraction of sp³-hybridized carbons (Fsp3) is 0.130. The number of hydrogen-bond donors (Lipinski definition) is 0. The Bertz CT molecular complexity index is 1100. The van der Waals surface area contributed by atoms with E-state index in [2.05, 4.69) is 0 Å². The highest BCUT2D eigenvalue weighted by atomic mass is 35.5. The Morgan fingerprint density at radius 2 is 1.72 bits per heavy atom. The summed E-state index contributed by atoms with van der Waals surface area (Å²) in [4.78, 5) is 13.3. The van der Waals surface area contributed by atoms with E-state index in [1.54, 1.807) is 29.3 Å². The number of ether oxygens (including phenoxy) is 2. The first-order valence-electron chi connectivity index (χ1n) is 9.30. The number of benzene rings is 3. The Labute approximate surface area is 173 Å². The number of amides is 1. The summed E-state index contributed by atoms with van der Waals surface area (Å²) in [5, 5.41) is 6.85. The molecule has 0 aromatic heterocycles. The average molecular weight is 405 g/mol. The van der Waals surface area contributed by atoms with Crippen LogP contribution in [0.25, 0.3) is 0 Å². The Hall–Kier alpha value is -3.31. The van der Waals surface area contributed by atoms with Crippen LogP contribution in [0.3, 0.4) is 0 Å². The number of carbonyl (C=O) groups excluding carboxylic acids is 1. The summed E-state index contributed by atoms with van der Waals surface area (Å²) in [6.45, 7) is 0.211. The van der Waals surface area contributed by atoms with Crippen molar-refractivity contribution in [3.8, 4) is 11.5 Å². The number of carbonyl (C=O) groups is 1. The fourth-order valence-electron chi connectivity index (χ4n) is 3.61. The molecule has 1 atom stereocenters. The lowest BCUT2D eigenvalue weighted by molar-refractivity contribution is 0.0711. The Morgan fingerprint density at radius 3 is 2.52 bits per heavy atom. The van der Waals surface area contributed by atoms with Crippen molar-refractivity contribution >= 4 is 23.2 Å². The van der Waals surface area contributed by atoms with E-state index in [9.17, 15) is 4.79 Å². The Kier molecular flexibility index (Phi) is 4.45. The number of nitrogens with zero attached hydrogens (tertiary/aromatic N) is 2. The molecule has 0 aliphatic carbocycles. The van der Waals surface area contributed by atoms with Crippen molar-refractivity contribution in [2.75, 3.05) is 6.79 Å². The molecule has 6 heteroatoms. The topological polar surface area (TPSA) is 51.1 Å². The number of hydrogen-bond acceptors (Lipinski definition) is 4. The van der Waals surface area contributed by atoms with Gasteiger partial charge in [0.1, 0.15) is 0 Å². The number of halogens is 1. The number of fused-ring (bicyclic) bond motifs is 1. The summed E-state index contributed by atoms with van der Waals surface area (Å²) in [6, 6.07) is 22.3. The van der Waals surface area contributed by atoms with Crippen molar-refractivity contribution in [2.24, 2.45) is 5.10 Å². The van der Waals surface area contributed by atoms with Crippen molar-refractivity contribution in [3.63, 3.8) is 0 Å². The van der Waals surface area contributed by atoms with Gasteiger partial charge in [-0.1, -0.05) is 48.0 Å². The van der Waals surface area contributed by atoms with Gasteiger partial charge in [-0.3, -0.25) is 4.79 Å². The van der Waals surface area contributed by atoms with Crippen LogP contribution in [0.2, 0.25) is 5.02 Å². The molecule has 0 spiro atoms. The predicted octanol–water partition coefficient (Wildman–Crippen LogP) is 5.06. The van der Waals surface area contributed by atoms with E-state index in [0.29, 0.717) is 28.5 Å². The van der Waals surface area contributed by atoms with Gasteiger partial charge in [-0.25, -0.2) is 5.01 Å². The first kappa shape index (κ1) is 17.8. The van der Waals surface area contributed by atoms with Crippen molar-refractivity contribution in [2.45, 2.75) is 12.5 Å². The summed E-state index contributed by atoms with van der Waals surface area (Å²) in [5.74, 6) is 1.23. The van der Waals surface area contributed by atoms with E-state index in [4.69, 9.17) is 26.2 Å². The predicted molar refractivity (Wildman–Crippen MR) is 111 cm³/mol. The lowest BCUT2D eigenvalue weighted by atomic mass is 9.97. The molecule has 0 fully saturated rings. The van der Waals surface area contributed by atoms with Crippen LogP contribution >= 0.6 is 11.6 Å². The molecule has 2 heterocycles. The molecule has 2 aliphatic heterocycles. The van der Waals surface area contributed by atoms with Gasteiger partial charge in [0.15, 0.2) is 11.5 Å². The molecule has 2 aliphatic rings. The minimum atomic E-state index is -0.233. The molecular weight excluding hydrogens is 388 g/mol. The van der Waals surface area contributed by atoms with Crippen LogP contribution in [0, 0.1) is 0 Å². The zero-order chi connectivity index (χ0) is 19.8.